The number of hydrogen-bond acceptors (Lipinski definition) is 13. The van der Waals surface area contributed by atoms with Gasteiger partial charge in [0, 0.05) is 24.2 Å². The number of rotatable bonds is 9. The number of fused-ring (bicyclic) bond motifs is 5. The molecule has 1 heterocycles. The first-order chi connectivity index (χ1) is 24.2. The van der Waals surface area contributed by atoms with Crippen LogP contribution < -0.4 is 5.32 Å². The normalized spacial score (nSPS) is 35.9. The number of aliphatic hydroxyl groups excluding tert-OH is 3. The summed E-state index contributed by atoms with van der Waals surface area (Å²) in [7, 11) is 0. The van der Waals surface area contributed by atoms with Crippen molar-refractivity contribution in [1.29, 1.82) is 0 Å². The minimum atomic E-state index is -2.30. The third kappa shape index (κ3) is 6.28. The fraction of sp³-hybridized carbons (Fsp3) is 0.579. The lowest BCUT2D eigenvalue weighted by Gasteiger charge is -2.66. The second kappa shape index (κ2) is 14.1. The van der Waals surface area contributed by atoms with Crippen LogP contribution in [-0.4, -0.2) is 116 Å². The van der Waals surface area contributed by atoms with E-state index in [1.165, 1.54) is 38.1 Å². The van der Waals surface area contributed by atoms with Gasteiger partial charge in [0.05, 0.1) is 35.8 Å². The number of hydrogen-bond donors (Lipinski definition) is 6. The number of benzene rings is 1. The zero-order valence-corrected chi connectivity index (χ0v) is 30.2. The SMILES string of the molecule is C=CCOC(=O)N[C@@H](C=C(C)C)[C@@H](O)C(=O)O[C@H]1C[C@@]2(O)[C@@H](OC(=O)c3ccccc3)[C@@H]3[C@]4(O)CO[C@@H]4C[C@H](O)[C@@]3(C)C(=O)[C@H](O)C(=C1C)C2(C)C. The summed E-state index contributed by atoms with van der Waals surface area (Å²) in [6, 6.07) is 6.56. The van der Waals surface area contributed by atoms with Gasteiger partial charge < -0.3 is 49.8 Å². The van der Waals surface area contributed by atoms with Gasteiger partial charge in [-0.15, -0.1) is 0 Å². The van der Waals surface area contributed by atoms with Crippen molar-refractivity contribution < 1.29 is 63.7 Å². The topological polar surface area (TPSA) is 218 Å². The molecule has 11 atom stereocenters. The number of ketones is 1. The Hall–Kier alpha value is -3.92. The maximum atomic E-state index is 14.6. The fourth-order valence-corrected chi connectivity index (χ4v) is 8.62. The van der Waals surface area contributed by atoms with Crippen LogP contribution >= 0.6 is 0 Å². The molecule has 1 aromatic rings. The van der Waals surface area contributed by atoms with Gasteiger partial charge in [-0.1, -0.05) is 56.4 Å². The second-order valence-corrected chi connectivity index (χ2v) is 15.3. The molecule has 2 saturated carbocycles. The quantitative estimate of drug-likeness (QED) is 0.121. The largest absolute Gasteiger partial charge is 0.456 e. The molecule has 3 fully saturated rings. The Morgan fingerprint density at radius 1 is 1.10 bits per heavy atom. The van der Waals surface area contributed by atoms with E-state index in [9.17, 15) is 44.7 Å². The average molecular weight is 728 g/mol. The molecule has 1 saturated heterocycles. The Labute approximate surface area is 302 Å². The highest BCUT2D eigenvalue weighted by atomic mass is 16.6. The van der Waals surface area contributed by atoms with Crippen molar-refractivity contribution in [2.24, 2.45) is 16.7 Å². The van der Waals surface area contributed by atoms with E-state index in [1.807, 2.05) is 0 Å². The molecule has 1 aromatic carbocycles. The Bertz CT molecular complexity index is 1670. The number of nitrogens with one attached hydrogen (secondary N) is 1. The van der Waals surface area contributed by atoms with E-state index in [1.54, 1.807) is 45.9 Å². The monoisotopic (exact) mass is 727 g/mol. The minimum Gasteiger partial charge on any atom is -0.456 e. The van der Waals surface area contributed by atoms with Crippen LogP contribution in [0.25, 0.3) is 0 Å². The number of alkyl carbamates (subject to hydrolysis) is 1. The molecule has 284 valence electrons. The molecule has 0 radical (unpaired) electrons. The predicted octanol–water partition coefficient (Wildman–Crippen LogP) is 1.67. The molecule has 1 amide bonds. The van der Waals surface area contributed by atoms with Crippen LogP contribution in [0.2, 0.25) is 0 Å². The first kappa shape index (κ1) is 39.3. The van der Waals surface area contributed by atoms with Crippen molar-refractivity contribution in [3.63, 3.8) is 0 Å². The van der Waals surface area contributed by atoms with Gasteiger partial charge in [-0.2, -0.15) is 0 Å². The molecule has 0 aromatic heterocycles. The second-order valence-electron chi connectivity index (χ2n) is 15.3. The summed E-state index contributed by atoms with van der Waals surface area (Å²) in [6.07, 6.45) is -8.45. The summed E-state index contributed by atoms with van der Waals surface area (Å²) in [6.45, 7) is 12.4. The fourth-order valence-electron chi connectivity index (χ4n) is 8.62. The molecule has 52 heavy (non-hydrogen) atoms. The first-order valence-corrected chi connectivity index (χ1v) is 17.3. The first-order valence-electron chi connectivity index (χ1n) is 17.3. The van der Waals surface area contributed by atoms with Crippen LogP contribution in [0.1, 0.15) is 64.7 Å². The molecule has 5 rings (SSSR count). The lowest BCUT2D eigenvalue weighted by molar-refractivity contribution is -0.343. The van der Waals surface area contributed by atoms with E-state index in [0.717, 1.165) is 0 Å². The van der Waals surface area contributed by atoms with Crippen LogP contribution in [0.3, 0.4) is 0 Å². The number of ether oxygens (including phenoxy) is 4. The Morgan fingerprint density at radius 3 is 2.33 bits per heavy atom. The molecule has 0 spiro atoms. The van der Waals surface area contributed by atoms with Gasteiger partial charge in [0.2, 0.25) is 0 Å². The van der Waals surface area contributed by atoms with E-state index in [0.29, 0.717) is 5.57 Å². The summed E-state index contributed by atoms with van der Waals surface area (Å²) in [5, 5.41) is 62.4. The van der Waals surface area contributed by atoms with Crippen LogP contribution in [0, 0.1) is 16.7 Å². The van der Waals surface area contributed by atoms with E-state index in [2.05, 4.69) is 11.9 Å². The molecule has 0 unspecified atom stereocenters. The van der Waals surface area contributed by atoms with Crippen LogP contribution in [0.4, 0.5) is 4.79 Å². The van der Waals surface area contributed by atoms with Crippen molar-refractivity contribution in [1.82, 2.24) is 5.32 Å². The van der Waals surface area contributed by atoms with E-state index in [4.69, 9.17) is 18.9 Å². The van der Waals surface area contributed by atoms with Crippen molar-refractivity contribution in [2.45, 2.75) is 108 Å². The van der Waals surface area contributed by atoms with Gasteiger partial charge in [-0.05, 0) is 51.0 Å². The molecule has 1 aliphatic heterocycles. The number of allylic oxidation sites excluding steroid dienone is 1. The van der Waals surface area contributed by atoms with E-state index >= 15 is 0 Å². The number of carbonyl (C=O) groups excluding carboxylic acids is 4. The highest BCUT2D eigenvalue weighted by Crippen LogP contribution is 2.63. The lowest BCUT2D eigenvalue weighted by Crippen LogP contribution is -2.81. The Kier molecular flexibility index (Phi) is 10.7. The smallest absolute Gasteiger partial charge is 0.408 e. The molecule has 14 nitrogen and oxygen atoms in total. The van der Waals surface area contributed by atoms with Crippen molar-refractivity contribution in [3.05, 3.63) is 71.3 Å². The molecular formula is C38H49NO13. The summed E-state index contributed by atoms with van der Waals surface area (Å²) >= 11 is 0. The Morgan fingerprint density at radius 2 is 1.75 bits per heavy atom. The molecule has 3 aliphatic carbocycles. The lowest BCUT2D eigenvalue weighted by atomic mass is 9.44. The maximum absolute atomic E-state index is 14.6. The van der Waals surface area contributed by atoms with Gasteiger partial charge in [0.15, 0.2) is 11.9 Å². The molecule has 2 bridgehead atoms. The molecule has 6 N–H and O–H groups in total. The number of Topliss-reactive ketones (excluding diaryl/α,β-unsaturated/α-hetero) is 1. The van der Waals surface area contributed by atoms with Crippen molar-refractivity contribution in [2.75, 3.05) is 13.2 Å². The zero-order valence-electron chi connectivity index (χ0n) is 30.2. The van der Waals surface area contributed by atoms with Gasteiger partial charge >= 0.3 is 18.0 Å². The van der Waals surface area contributed by atoms with Crippen molar-refractivity contribution >= 4 is 23.8 Å². The van der Waals surface area contributed by atoms with Gasteiger partial charge in [0.1, 0.15) is 36.1 Å². The summed E-state index contributed by atoms with van der Waals surface area (Å²) in [4.78, 5) is 54.5. The van der Waals surface area contributed by atoms with Crippen LogP contribution in [-0.2, 0) is 28.5 Å². The van der Waals surface area contributed by atoms with E-state index in [-0.39, 0.29) is 36.3 Å². The number of carbonyl (C=O) groups is 4. The highest BCUT2D eigenvalue weighted by molar-refractivity contribution is 5.94. The number of esters is 2. The van der Waals surface area contributed by atoms with Crippen LogP contribution in [0.5, 0.6) is 0 Å². The zero-order chi connectivity index (χ0) is 38.6. The summed E-state index contributed by atoms with van der Waals surface area (Å²) in [5.74, 6) is -4.54. The van der Waals surface area contributed by atoms with Crippen molar-refractivity contribution in [3.8, 4) is 0 Å². The third-order valence-corrected chi connectivity index (χ3v) is 11.6. The maximum Gasteiger partial charge on any atom is 0.408 e. The van der Waals surface area contributed by atoms with Gasteiger partial charge in [0.25, 0.3) is 0 Å². The predicted molar refractivity (Wildman–Crippen MR) is 183 cm³/mol. The van der Waals surface area contributed by atoms with E-state index < -0.39 is 101 Å². The molecule has 4 aliphatic rings. The standard InChI is InChI=1S/C38H49NO13/c1-8-14-49-34(46)39-22(15-19(2)3)27(41)33(45)51-23-17-38(48)31(52-32(44)21-12-10-9-11-13-21)29-36(7,24(40)16-25-37(29,47)18-50-25)30(43)28(42)26(20(23)4)35(38,5)6/h8-13,15,22-25,27-29,31,40-42,47-48H,1,14,16-18H2,2-7H3,(H,39,46)/t22-,23-,24-,25+,27+,28+,29-,31-,36+,37-,38+/m0/s1. The summed E-state index contributed by atoms with van der Waals surface area (Å²) in [5.41, 5.74) is -6.87. The average Bonchev–Trinajstić information content (AvgIpc) is 3.08. The number of amides is 1. The third-order valence-electron chi connectivity index (χ3n) is 11.6. The summed E-state index contributed by atoms with van der Waals surface area (Å²) < 4.78 is 22.6. The minimum absolute atomic E-state index is 0.0443. The van der Waals surface area contributed by atoms with Gasteiger partial charge in [-0.3, -0.25) is 4.79 Å². The molecule has 14 heteroatoms. The van der Waals surface area contributed by atoms with Gasteiger partial charge in [-0.25, -0.2) is 14.4 Å². The Balaban J connectivity index is 1.63. The highest BCUT2D eigenvalue weighted by Gasteiger charge is 2.76. The van der Waals surface area contributed by atoms with Crippen LogP contribution in [0.15, 0.2) is 65.8 Å². The molecular weight excluding hydrogens is 678 g/mol. The number of aliphatic hydroxyl groups is 5.